The highest BCUT2D eigenvalue weighted by Crippen LogP contribution is 2.14. The molecule has 0 unspecified atom stereocenters. The van der Waals surface area contributed by atoms with E-state index in [0.717, 1.165) is 13.0 Å². The highest BCUT2D eigenvalue weighted by molar-refractivity contribution is 5.75. The lowest BCUT2D eigenvalue weighted by atomic mass is 9.99. The van der Waals surface area contributed by atoms with Gasteiger partial charge in [-0.3, -0.25) is 9.69 Å². The molecule has 0 amide bonds. The lowest BCUT2D eigenvalue weighted by molar-refractivity contribution is -0.147. The second-order valence-corrected chi connectivity index (χ2v) is 3.30. The Morgan fingerprint density at radius 3 is 2.92 bits per heavy atom. The molecule has 1 aliphatic heterocycles. The minimum atomic E-state index is -0.173. The van der Waals surface area contributed by atoms with Gasteiger partial charge in [-0.05, 0) is 19.9 Å². The molecule has 1 saturated heterocycles. The van der Waals surface area contributed by atoms with E-state index in [4.69, 9.17) is 5.73 Å². The van der Waals surface area contributed by atoms with Gasteiger partial charge in [0.2, 0.25) is 0 Å². The summed E-state index contributed by atoms with van der Waals surface area (Å²) in [5.41, 5.74) is 5.75. The topological polar surface area (TPSA) is 55.6 Å². The van der Waals surface area contributed by atoms with Crippen LogP contribution in [0.2, 0.25) is 0 Å². The van der Waals surface area contributed by atoms with E-state index in [0.29, 0.717) is 6.42 Å². The molecule has 1 fully saturated rings. The third kappa shape index (κ3) is 1.95. The number of likely N-dealkylation sites (N-methyl/N-ethyl adjacent to an activating group) is 1. The number of piperidine rings is 1. The van der Waals surface area contributed by atoms with E-state index >= 15 is 0 Å². The fraction of sp³-hybridized carbons (Fsp3) is 0.875. The van der Waals surface area contributed by atoms with Gasteiger partial charge in [-0.2, -0.15) is 0 Å². The van der Waals surface area contributed by atoms with Crippen LogP contribution in [0.5, 0.6) is 0 Å². The molecule has 4 heteroatoms. The maximum Gasteiger partial charge on any atom is 0.323 e. The zero-order valence-electron chi connectivity index (χ0n) is 7.62. The van der Waals surface area contributed by atoms with Crippen LogP contribution in [-0.2, 0) is 9.53 Å². The predicted octanol–water partition coefficient (Wildman–Crippen LogP) is -0.419. The van der Waals surface area contributed by atoms with Crippen LogP contribution in [0.4, 0.5) is 0 Å². The van der Waals surface area contributed by atoms with Crippen LogP contribution >= 0.6 is 0 Å². The predicted molar refractivity (Wildman–Crippen MR) is 45.6 cm³/mol. The Labute approximate surface area is 72.7 Å². The fourth-order valence-corrected chi connectivity index (χ4v) is 1.52. The number of carbonyl (C=O) groups is 1. The molecule has 0 aromatic rings. The Balaban J connectivity index is 2.54. The van der Waals surface area contributed by atoms with E-state index < -0.39 is 0 Å². The van der Waals surface area contributed by atoms with Crippen molar-refractivity contribution in [1.29, 1.82) is 0 Å². The highest BCUT2D eigenvalue weighted by atomic mass is 16.5. The molecule has 2 atom stereocenters. The zero-order chi connectivity index (χ0) is 9.14. The largest absolute Gasteiger partial charge is 0.468 e. The van der Waals surface area contributed by atoms with E-state index in [9.17, 15) is 4.79 Å². The average molecular weight is 172 g/mol. The molecule has 0 saturated carbocycles. The quantitative estimate of drug-likeness (QED) is 0.546. The van der Waals surface area contributed by atoms with Crippen LogP contribution in [-0.4, -0.2) is 43.7 Å². The monoisotopic (exact) mass is 172 g/mol. The molecule has 4 nitrogen and oxygen atoms in total. The molecule has 12 heavy (non-hydrogen) atoms. The van der Waals surface area contributed by atoms with E-state index in [-0.39, 0.29) is 18.1 Å². The van der Waals surface area contributed by atoms with Crippen molar-refractivity contribution >= 4 is 5.97 Å². The number of rotatable bonds is 1. The van der Waals surface area contributed by atoms with Gasteiger partial charge in [0, 0.05) is 12.6 Å². The molecule has 0 spiro atoms. The summed E-state index contributed by atoms with van der Waals surface area (Å²) in [6.07, 6.45) is 1.67. The molecular formula is C8H16N2O2. The smallest absolute Gasteiger partial charge is 0.323 e. The Morgan fingerprint density at radius 1 is 1.67 bits per heavy atom. The highest BCUT2D eigenvalue weighted by Gasteiger charge is 2.30. The summed E-state index contributed by atoms with van der Waals surface area (Å²) in [4.78, 5) is 13.2. The van der Waals surface area contributed by atoms with Crippen molar-refractivity contribution in [3.8, 4) is 0 Å². The molecule has 0 bridgehead atoms. The molecule has 0 aromatic carbocycles. The molecule has 0 radical (unpaired) electrons. The molecular weight excluding hydrogens is 156 g/mol. The molecule has 2 N–H and O–H groups in total. The summed E-state index contributed by atoms with van der Waals surface area (Å²) in [6, 6.07) is 0.00375. The summed E-state index contributed by atoms with van der Waals surface area (Å²) in [6.45, 7) is 0.876. The number of nitrogens with two attached hydrogens (primary N) is 1. The molecule has 1 rings (SSSR count). The second kappa shape index (κ2) is 3.87. The van der Waals surface area contributed by atoms with Gasteiger partial charge in [-0.15, -0.1) is 0 Å². The van der Waals surface area contributed by atoms with Crippen LogP contribution in [0.1, 0.15) is 12.8 Å². The van der Waals surface area contributed by atoms with Crippen molar-refractivity contribution in [2.24, 2.45) is 5.73 Å². The first-order chi connectivity index (χ1) is 5.65. The number of ether oxygens (including phenoxy) is 1. The van der Waals surface area contributed by atoms with Crippen LogP contribution in [0.25, 0.3) is 0 Å². The SMILES string of the molecule is COC(=O)[C@H]1C[C@H](N)CCN1C. The number of carbonyl (C=O) groups excluding carboxylic acids is 1. The van der Waals surface area contributed by atoms with Gasteiger partial charge < -0.3 is 10.5 Å². The summed E-state index contributed by atoms with van der Waals surface area (Å²) >= 11 is 0. The van der Waals surface area contributed by atoms with Crippen molar-refractivity contribution in [3.63, 3.8) is 0 Å². The summed E-state index contributed by atoms with van der Waals surface area (Å²) < 4.78 is 4.67. The van der Waals surface area contributed by atoms with Crippen molar-refractivity contribution in [1.82, 2.24) is 4.90 Å². The summed E-state index contributed by atoms with van der Waals surface area (Å²) in [5.74, 6) is -0.173. The van der Waals surface area contributed by atoms with Crippen LogP contribution in [0.3, 0.4) is 0 Å². The van der Waals surface area contributed by atoms with Crippen molar-refractivity contribution in [2.45, 2.75) is 24.9 Å². The normalized spacial score (nSPS) is 31.6. The van der Waals surface area contributed by atoms with E-state index in [1.807, 2.05) is 11.9 Å². The van der Waals surface area contributed by atoms with Gasteiger partial charge in [0.25, 0.3) is 0 Å². The van der Waals surface area contributed by atoms with Crippen molar-refractivity contribution in [3.05, 3.63) is 0 Å². The first kappa shape index (κ1) is 9.48. The van der Waals surface area contributed by atoms with Gasteiger partial charge in [0.05, 0.1) is 7.11 Å². The standard InChI is InChI=1S/C8H16N2O2/c1-10-4-3-6(9)5-7(10)8(11)12-2/h6-7H,3-5,9H2,1-2H3/t6-,7-/m1/s1. The fourth-order valence-electron chi connectivity index (χ4n) is 1.52. The number of esters is 1. The Morgan fingerprint density at radius 2 is 2.33 bits per heavy atom. The summed E-state index contributed by atoms with van der Waals surface area (Å²) in [5, 5.41) is 0. The first-order valence-corrected chi connectivity index (χ1v) is 4.18. The van der Waals surface area contributed by atoms with E-state index in [1.165, 1.54) is 7.11 Å². The van der Waals surface area contributed by atoms with Crippen molar-refractivity contribution < 1.29 is 9.53 Å². The lowest BCUT2D eigenvalue weighted by Gasteiger charge is -2.33. The van der Waals surface area contributed by atoms with Crippen molar-refractivity contribution in [2.75, 3.05) is 20.7 Å². The molecule has 1 heterocycles. The van der Waals surface area contributed by atoms with Gasteiger partial charge in [-0.1, -0.05) is 0 Å². The third-order valence-corrected chi connectivity index (χ3v) is 2.38. The molecule has 0 aromatic heterocycles. The second-order valence-electron chi connectivity index (χ2n) is 3.30. The molecule has 1 aliphatic rings. The first-order valence-electron chi connectivity index (χ1n) is 4.18. The maximum atomic E-state index is 11.2. The minimum absolute atomic E-state index is 0.140. The minimum Gasteiger partial charge on any atom is -0.468 e. The van der Waals surface area contributed by atoms with Gasteiger partial charge >= 0.3 is 5.97 Å². The third-order valence-electron chi connectivity index (χ3n) is 2.38. The Kier molecular flexibility index (Phi) is 3.05. The Bertz CT molecular complexity index is 172. The Hall–Kier alpha value is -0.610. The number of hydrogen-bond acceptors (Lipinski definition) is 4. The number of hydrogen-bond donors (Lipinski definition) is 1. The molecule has 70 valence electrons. The number of nitrogens with zero attached hydrogens (tertiary/aromatic N) is 1. The van der Waals surface area contributed by atoms with Gasteiger partial charge in [-0.25, -0.2) is 0 Å². The number of likely N-dealkylation sites (tertiary alicyclic amines) is 1. The number of methoxy groups -OCH3 is 1. The lowest BCUT2D eigenvalue weighted by Crippen LogP contribution is -2.49. The van der Waals surface area contributed by atoms with E-state index in [1.54, 1.807) is 0 Å². The van der Waals surface area contributed by atoms with Gasteiger partial charge in [0.1, 0.15) is 6.04 Å². The zero-order valence-corrected chi connectivity index (χ0v) is 7.62. The van der Waals surface area contributed by atoms with Gasteiger partial charge in [0.15, 0.2) is 0 Å². The molecule has 0 aliphatic carbocycles. The average Bonchev–Trinajstić information content (AvgIpc) is 2.08. The maximum absolute atomic E-state index is 11.2. The summed E-state index contributed by atoms with van der Waals surface area (Å²) in [7, 11) is 3.34. The van der Waals surface area contributed by atoms with Crippen LogP contribution < -0.4 is 5.73 Å². The van der Waals surface area contributed by atoms with Crippen LogP contribution in [0, 0.1) is 0 Å². The van der Waals surface area contributed by atoms with E-state index in [2.05, 4.69) is 4.74 Å². The van der Waals surface area contributed by atoms with Crippen LogP contribution in [0.15, 0.2) is 0 Å².